The number of ether oxygens (including phenoxy) is 1. The van der Waals surface area contributed by atoms with Gasteiger partial charge in [-0.15, -0.1) is 0 Å². The normalized spacial score (nSPS) is 13.2. The molecule has 3 rings (SSSR count). The summed E-state index contributed by atoms with van der Waals surface area (Å²) in [6.45, 7) is 0.570. The molecular formula is C16H14ClN5O2. The van der Waals surface area contributed by atoms with Gasteiger partial charge in [0.2, 0.25) is 0 Å². The van der Waals surface area contributed by atoms with Gasteiger partial charge in [-0.2, -0.15) is 5.26 Å². The highest BCUT2D eigenvalue weighted by atomic mass is 35.5. The van der Waals surface area contributed by atoms with Gasteiger partial charge in [0.05, 0.1) is 24.7 Å². The van der Waals surface area contributed by atoms with E-state index in [0.29, 0.717) is 29.0 Å². The van der Waals surface area contributed by atoms with Crippen molar-refractivity contribution in [1.82, 2.24) is 9.97 Å². The summed E-state index contributed by atoms with van der Waals surface area (Å²) in [5, 5.41) is 9.23. The Morgan fingerprint density at radius 2 is 2.21 bits per heavy atom. The number of carbonyl (C=O) groups excluding carboxylic acids is 1. The van der Waals surface area contributed by atoms with Gasteiger partial charge in [0.25, 0.3) is 0 Å². The van der Waals surface area contributed by atoms with Crippen LogP contribution in [0.3, 0.4) is 0 Å². The third kappa shape index (κ3) is 3.55. The lowest BCUT2D eigenvalue weighted by Gasteiger charge is -2.22. The zero-order valence-corrected chi connectivity index (χ0v) is 13.4. The molecule has 1 aromatic carbocycles. The predicted molar refractivity (Wildman–Crippen MR) is 88.1 cm³/mol. The lowest BCUT2D eigenvalue weighted by Crippen LogP contribution is -2.32. The summed E-state index contributed by atoms with van der Waals surface area (Å²) in [6.07, 6.45) is 4.85. The molecule has 2 aromatic rings. The van der Waals surface area contributed by atoms with Gasteiger partial charge >= 0.3 is 6.03 Å². The number of halogens is 1. The number of anilines is 2. The number of nitriles is 1. The molecule has 1 heterocycles. The first-order chi connectivity index (χ1) is 11.6. The van der Waals surface area contributed by atoms with Crippen LogP contribution in [0.2, 0.25) is 5.02 Å². The largest absolute Gasteiger partial charge is 0.491 e. The smallest absolute Gasteiger partial charge is 0.325 e. The zero-order chi connectivity index (χ0) is 17.1. The zero-order valence-electron chi connectivity index (χ0n) is 12.6. The average Bonchev–Trinajstić information content (AvgIpc) is 3.39. The minimum Gasteiger partial charge on any atom is -0.491 e. The van der Waals surface area contributed by atoms with Gasteiger partial charge < -0.3 is 10.5 Å². The number of amides is 2. The van der Waals surface area contributed by atoms with E-state index in [2.05, 4.69) is 9.97 Å². The van der Waals surface area contributed by atoms with E-state index in [4.69, 9.17) is 27.3 Å². The molecule has 24 heavy (non-hydrogen) atoms. The molecule has 0 unspecified atom stereocenters. The number of hydrogen-bond donors (Lipinski definition) is 1. The molecule has 0 saturated heterocycles. The molecule has 1 aliphatic rings. The van der Waals surface area contributed by atoms with E-state index in [0.717, 1.165) is 17.7 Å². The Labute approximate surface area is 143 Å². The summed E-state index contributed by atoms with van der Waals surface area (Å²) in [5.41, 5.74) is 6.04. The van der Waals surface area contributed by atoms with Crippen molar-refractivity contribution in [3.8, 4) is 11.8 Å². The minimum absolute atomic E-state index is 0.138. The van der Waals surface area contributed by atoms with Crippen LogP contribution in [0, 0.1) is 17.2 Å². The van der Waals surface area contributed by atoms with E-state index in [9.17, 15) is 4.79 Å². The second kappa shape index (κ2) is 6.72. The van der Waals surface area contributed by atoms with E-state index in [1.54, 1.807) is 18.2 Å². The standard InChI is InChI=1S/C16H14ClN5O2/c17-11-3-4-14(24-9-10-1-2-10)13(5-11)22(16(19)23)15-8-20-12(6-18)7-21-15/h3-5,7-8,10H,1-2,9H2,(H2,19,23). The molecule has 0 spiro atoms. The number of carbonyl (C=O) groups is 1. The van der Waals surface area contributed by atoms with Gasteiger partial charge in [-0.3, -0.25) is 0 Å². The Bertz CT molecular complexity index is 799. The van der Waals surface area contributed by atoms with E-state index in [-0.39, 0.29) is 11.5 Å². The van der Waals surface area contributed by atoms with Crippen molar-refractivity contribution in [3.05, 3.63) is 41.3 Å². The van der Waals surface area contributed by atoms with Gasteiger partial charge in [0.1, 0.15) is 11.8 Å². The summed E-state index contributed by atoms with van der Waals surface area (Å²) < 4.78 is 5.80. The number of hydrogen-bond acceptors (Lipinski definition) is 5. The average molecular weight is 344 g/mol. The Hall–Kier alpha value is -2.85. The molecule has 1 aliphatic carbocycles. The molecule has 0 radical (unpaired) electrons. The number of urea groups is 1. The summed E-state index contributed by atoms with van der Waals surface area (Å²) in [4.78, 5) is 21.1. The fourth-order valence-electron chi connectivity index (χ4n) is 2.13. The van der Waals surface area contributed by atoms with Crippen molar-refractivity contribution in [2.75, 3.05) is 11.5 Å². The maximum atomic E-state index is 12.0. The lowest BCUT2D eigenvalue weighted by molar-refractivity contribution is 0.255. The molecule has 1 aromatic heterocycles. The third-order valence-electron chi connectivity index (χ3n) is 3.54. The van der Waals surface area contributed by atoms with Crippen molar-refractivity contribution >= 4 is 29.1 Å². The summed E-state index contributed by atoms with van der Waals surface area (Å²) in [7, 11) is 0. The van der Waals surface area contributed by atoms with Crippen LogP contribution < -0.4 is 15.4 Å². The molecule has 0 bridgehead atoms. The highest BCUT2D eigenvalue weighted by Crippen LogP contribution is 2.37. The van der Waals surface area contributed by atoms with E-state index in [1.165, 1.54) is 12.4 Å². The highest BCUT2D eigenvalue weighted by molar-refractivity contribution is 6.31. The molecule has 8 heteroatoms. The second-order valence-electron chi connectivity index (χ2n) is 5.41. The van der Waals surface area contributed by atoms with Crippen molar-refractivity contribution in [2.45, 2.75) is 12.8 Å². The maximum absolute atomic E-state index is 12.0. The van der Waals surface area contributed by atoms with Crippen LogP contribution in [0.1, 0.15) is 18.5 Å². The van der Waals surface area contributed by atoms with Crippen molar-refractivity contribution in [1.29, 1.82) is 5.26 Å². The third-order valence-corrected chi connectivity index (χ3v) is 3.77. The monoisotopic (exact) mass is 343 g/mol. The number of nitrogens with zero attached hydrogens (tertiary/aromatic N) is 4. The van der Waals surface area contributed by atoms with Crippen molar-refractivity contribution < 1.29 is 9.53 Å². The topological polar surface area (TPSA) is 105 Å². The van der Waals surface area contributed by atoms with Gasteiger partial charge in [-0.05, 0) is 37.0 Å². The highest BCUT2D eigenvalue weighted by Gasteiger charge is 2.25. The van der Waals surface area contributed by atoms with Gasteiger partial charge in [-0.1, -0.05) is 11.6 Å². The van der Waals surface area contributed by atoms with Crippen LogP contribution >= 0.6 is 11.6 Å². The quantitative estimate of drug-likeness (QED) is 0.898. The summed E-state index contributed by atoms with van der Waals surface area (Å²) in [6, 6.07) is 6.05. The Kier molecular flexibility index (Phi) is 4.49. The summed E-state index contributed by atoms with van der Waals surface area (Å²) in [5.74, 6) is 1.21. The summed E-state index contributed by atoms with van der Waals surface area (Å²) >= 11 is 6.06. The van der Waals surface area contributed by atoms with Gasteiger partial charge in [0, 0.05) is 5.02 Å². The molecule has 2 amide bonds. The molecule has 7 nitrogen and oxygen atoms in total. The molecular weight excluding hydrogens is 330 g/mol. The first-order valence-electron chi connectivity index (χ1n) is 7.32. The van der Waals surface area contributed by atoms with E-state index in [1.807, 2.05) is 6.07 Å². The molecule has 1 saturated carbocycles. The fraction of sp³-hybridized carbons (Fsp3) is 0.250. The Balaban J connectivity index is 1.98. The number of nitrogens with two attached hydrogens (primary N) is 1. The van der Waals surface area contributed by atoms with Crippen LogP contribution in [0.5, 0.6) is 5.75 Å². The second-order valence-corrected chi connectivity index (χ2v) is 5.85. The number of rotatable bonds is 5. The molecule has 122 valence electrons. The first kappa shape index (κ1) is 16.0. The maximum Gasteiger partial charge on any atom is 0.325 e. The molecule has 0 atom stereocenters. The van der Waals surface area contributed by atoms with Crippen LogP contribution in [0.4, 0.5) is 16.3 Å². The van der Waals surface area contributed by atoms with Gasteiger partial charge in [-0.25, -0.2) is 19.7 Å². The van der Waals surface area contributed by atoms with Crippen molar-refractivity contribution in [2.24, 2.45) is 11.7 Å². The van der Waals surface area contributed by atoms with Crippen LogP contribution in [-0.2, 0) is 0 Å². The Morgan fingerprint density at radius 3 is 2.79 bits per heavy atom. The number of benzene rings is 1. The van der Waals surface area contributed by atoms with E-state index < -0.39 is 6.03 Å². The predicted octanol–water partition coefficient (Wildman–Crippen LogP) is 3.01. The molecule has 2 N–H and O–H groups in total. The van der Waals surface area contributed by atoms with Gasteiger partial charge in [0.15, 0.2) is 11.5 Å². The SMILES string of the molecule is N#Cc1cnc(N(C(N)=O)c2cc(Cl)ccc2OCC2CC2)cn1. The van der Waals surface area contributed by atoms with Crippen molar-refractivity contribution in [3.63, 3.8) is 0 Å². The van der Waals surface area contributed by atoms with E-state index >= 15 is 0 Å². The molecule has 1 fully saturated rings. The molecule has 0 aliphatic heterocycles. The van der Waals surface area contributed by atoms with Crippen LogP contribution in [0.15, 0.2) is 30.6 Å². The Morgan fingerprint density at radius 1 is 1.42 bits per heavy atom. The first-order valence-corrected chi connectivity index (χ1v) is 7.70. The van der Waals surface area contributed by atoms with Crippen LogP contribution in [-0.4, -0.2) is 22.6 Å². The minimum atomic E-state index is -0.757. The van der Waals surface area contributed by atoms with Crippen LogP contribution in [0.25, 0.3) is 0 Å². The number of aromatic nitrogens is 2. The lowest BCUT2D eigenvalue weighted by atomic mass is 10.2. The fourth-order valence-corrected chi connectivity index (χ4v) is 2.30. The number of primary amides is 1.